The third-order valence-electron chi connectivity index (χ3n) is 3.98. The minimum atomic E-state index is 0.168. The molecule has 4 nitrogen and oxygen atoms in total. The second kappa shape index (κ2) is 7.76. The van der Waals surface area contributed by atoms with Crippen LogP contribution in [0.5, 0.6) is 0 Å². The number of rotatable bonds is 6. The normalized spacial score (nSPS) is 20.0. The molecule has 1 fully saturated rings. The number of nitrogens with zero attached hydrogens (tertiary/aromatic N) is 2. The van der Waals surface area contributed by atoms with Crippen LogP contribution in [0.15, 0.2) is 16.8 Å². The van der Waals surface area contributed by atoms with Gasteiger partial charge in [-0.3, -0.25) is 9.69 Å². The molecule has 0 spiro atoms. The van der Waals surface area contributed by atoms with Crippen molar-refractivity contribution in [1.82, 2.24) is 9.80 Å². The molecule has 1 aromatic heterocycles. The summed E-state index contributed by atoms with van der Waals surface area (Å²) in [4.78, 5) is 16.4. The van der Waals surface area contributed by atoms with Crippen LogP contribution in [0.1, 0.15) is 31.2 Å². The highest BCUT2D eigenvalue weighted by Crippen LogP contribution is 2.19. The molecule has 0 radical (unpaired) electrons. The number of hydrogen-bond donors (Lipinski definition) is 1. The molecule has 1 aliphatic heterocycles. The second-order valence-corrected chi connectivity index (χ2v) is 6.29. The fraction of sp³-hybridized carbons (Fsp3) is 0.667. The van der Waals surface area contributed by atoms with Crippen molar-refractivity contribution in [3.05, 3.63) is 22.4 Å². The van der Waals surface area contributed by atoms with Crippen LogP contribution in [0.3, 0.4) is 0 Å². The van der Waals surface area contributed by atoms with Crippen molar-refractivity contribution in [2.45, 2.75) is 38.3 Å². The van der Waals surface area contributed by atoms with E-state index >= 15 is 0 Å². The summed E-state index contributed by atoms with van der Waals surface area (Å²) in [5.41, 5.74) is 1.19. The van der Waals surface area contributed by atoms with Crippen molar-refractivity contribution in [1.29, 1.82) is 0 Å². The molecule has 20 heavy (non-hydrogen) atoms. The van der Waals surface area contributed by atoms with Crippen molar-refractivity contribution < 1.29 is 9.90 Å². The number of carbonyl (C=O) groups is 1. The molecule has 112 valence electrons. The van der Waals surface area contributed by atoms with E-state index in [1.54, 1.807) is 16.2 Å². The van der Waals surface area contributed by atoms with Crippen LogP contribution < -0.4 is 0 Å². The number of piperidine rings is 1. The SMILES string of the molecule is CN(Cc1ccsc1)C(=O)CN1CCCCC1CCO. The van der Waals surface area contributed by atoms with Crippen molar-refractivity contribution >= 4 is 17.2 Å². The summed E-state index contributed by atoms with van der Waals surface area (Å²) in [6.07, 6.45) is 4.24. The third-order valence-corrected chi connectivity index (χ3v) is 4.71. The van der Waals surface area contributed by atoms with Crippen LogP contribution in [-0.4, -0.2) is 53.6 Å². The average molecular weight is 296 g/mol. The predicted octanol–water partition coefficient (Wildman–Crippen LogP) is 1.94. The Morgan fingerprint density at radius 3 is 3.10 bits per heavy atom. The molecule has 0 bridgehead atoms. The molecule has 2 heterocycles. The quantitative estimate of drug-likeness (QED) is 0.872. The van der Waals surface area contributed by atoms with E-state index in [0.717, 1.165) is 25.8 Å². The number of likely N-dealkylation sites (tertiary alicyclic amines) is 1. The zero-order valence-electron chi connectivity index (χ0n) is 12.1. The van der Waals surface area contributed by atoms with Gasteiger partial charge in [0.25, 0.3) is 0 Å². The Bertz CT molecular complexity index is 406. The number of aliphatic hydroxyl groups is 1. The summed E-state index contributed by atoms with van der Waals surface area (Å²) >= 11 is 1.66. The molecule has 1 saturated heterocycles. The number of amides is 1. The fourth-order valence-corrected chi connectivity index (χ4v) is 3.44. The van der Waals surface area contributed by atoms with E-state index in [4.69, 9.17) is 5.11 Å². The first-order chi connectivity index (χ1) is 9.70. The van der Waals surface area contributed by atoms with Crippen LogP contribution in [0, 0.1) is 0 Å². The maximum Gasteiger partial charge on any atom is 0.236 e. The van der Waals surface area contributed by atoms with Gasteiger partial charge in [0.05, 0.1) is 6.54 Å². The number of carbonyl (C=O) groups excluding carboxylic acids is 1. The predicted molar refractivity (Wildman–Crippen MR) is 81.7 cm³/mol. The summed E-state index contributed by atoms with van der Waals surface area (Å²) in [7, 11) is 1.87. The van der Waals surface area contributed by atoms with Crippen molar-refractivity contribution in [2.75, 3.05) is 26.7 Å². The fourth-order valence-electron chi connectivity index (χ4n) is 2.78. The van der Waals surface area contributed by atoms with E-state index in [9.17, 15) is 4.79 Å². The van der Waals surface area contributed by atoms with Gasteiger partial charge in [0.2, 0.25) is 5.91 Å². The second-order valence-electron chi connectivity index (χ2n) is 5.51. The van der Waals surface area contributed by atoms with E-state index in [-0.39, 0.29) is 12.5 Å². The van der Waals surface area contributed by atoms with Crippen LogP contribution >= 0.6 is 11.3 Å². The van der Waals surface area contributed by atoms with Crippen LogP contribution in [0.4, 0.5) is 0 Å². The van der Waals surface area contributed by atoms with Crippen molar-refractivity contribution in [3.8, 4) is 0 Å². The number of aliphatic hydroxyl groups excluding tert-OH is 1. The standard InChI is InChI=1S/C15H24N2O2S/c1-16(10-13-6-9-20-12-13)15(19)11-17-7-3-2-4-14(17)5-8-18/h6,9,12,14,18H,2-5,7-8,10-11H2,1H3. The van der Waals surface area contributed by atoms with Gasteiger partial charge >= 0.3 is 0 Å². The summed E-state index contributed by atoms with van der Waals surface area (Å²) in [5.74, 6) is 0.168. The molecule has 0 saturated carbocycles. The lowest BCUT2D eigenvalue weighted by molar-refractivity contribution is -0.132. The Kier molecular flexibility index (Phi) is 6.01. The number of thiophene rings is 1. The van der Waals surface area contributed by atoms with E-state index in [1.165, 1.54) is 12.0 Å². The Hall–Kier alpha value is -0.910. The van der Waals surface area contributed by atoms with Gasteiger partial charge in [-0.05, 0) is 48.2 Å². The first kappa shape index (κ1) is 15.5. The molecule has 2 rings (SSSR count). The highest BCUT2D eigenvalue weighted by atomic mass is 32.1. The summed E-state index contributed by atoms with van der Waals surface area (Å²) < 4.78 is 0. The Balaban J connectivity index is 1.85. The van der Waals surface area contributed by atoms with Crippen LogP contribution in [0.25, 0.3) is 0 Å². The zero-order chi connectivity index (χ0) is 14.4. The van der Waals surface area contributed by atoms with E-state index in [2.05, 4.69) is 16.3 Å². The molecule has 5 heteroatoms. The van der Waals surface area contributed by atoms with Gasteiger partial charge in [0.15, 0.2) is 0 Å². The lowest BCUT2D eigenvalue weighted by Crippen LogP contribution is -2.46. The first-order valence-corrected chi connectivity index (χ1v) is 8.25. The Morgan fingerprint density at radius 2 is 2.40 bits per heavy atom. The summed E-state index contributed by atoms with van der Waals surface area (Å²) in [6.45, 7) is 2.34. The minimum Gasteiger partial charge on any atom is -0.396 e. The van der Waals surface area contributed by atoms with Gasteiger partial charge < -0.3 is 10.0 Å². The monoisotopic (exact) mass is 296 g/mol. The average Bonchev–Trinajstić information content (AvgIpc) is 2.94. The lowest BCUT2D eigenvalue weighted by atomic mass is 9.99. The summed E-state index contributed by atoms with van der Waals surface area (Å²) in [5, 5.41) is 13.2. The first-order valence-electron chi connectivity index (χ1n) is 7.30. The molecule has 1 unspecified atom stereocenters. The third kappa shape index (κ3) is 4.30. The van der Waals surface area contributed by atoms with Gasteiger partial charge in [-0.15, -0.1) is 0 Å². The topological polar surface area (TPSA) is 43.8 Å². The molecule has 1 amide bonds. The molecule has 0 aromatic carbocycles. The smallest absolute Gasteiger partial charge is 0.236 e. The van der Waals surface area contributed by atoms with Crippen LogP contribution in [0.2, 0.25) is 0 Å². The van der Waals surface area contributed by atoms with Gasteiger partial charge in [-0.25, -0.2) is 0 Å². The van der Waals surface area contributed by atoms with Crippen LogP contribution in [-0.2, 0) is 11.3 Å². The number of hydrogen-bond acceptors (Lipinski definition) is 4. The molecular weight excluding hydrogens is 272 g/mol. The molecule has 0 aliphatic carbocycles. The maximum atomic E-state index is 12.3. The van der Waals surface area contributed by atoms with Gasteiger partial charge in [-0.2, -0.15) is 11.3 Å². The molecule has 1 N–H and O–H groups in total. The Labute approximate surface area is 125 Å². The van der Waals surface area contributed by atoms with Gasteiger partial charge in [0, 0.05) is 26.2 Å². The van der Waals surface area contributed by atoms with E-state index in [0.29, 0.717) is 19.1 Å². The highest BCUT2D eigenvalue weighted by Gasteiger charge is 2.24. The van der Waals surface area contributed by atoms with Gasteiger partial charge in [-0.1, -0.05) is 6.42 Å². The van der Waals surface area contributed by atoms with Gasteiger partial charge in [0.1, 0.15) is 0 Å². The maximum absolute atomic E-state index is 12.3. The summed E-state index contributed by atoms with van der Waals surface area (Å²) in [6, 6.07) is 2.43. The number of likely N-dealkylation sites (N-methyl/N-ethyl adjacent to an activating group) is 1. The highest BCUT2D eigenvalue weighted by molar-refractivity contribution is 7.07. The molecule has 1 aromatic rings. The minimum absolute atomic E-state index is 0.168. The zero-order valence-corrected chi connectivity index (χ0v) is 12.9. The van der Waals surface area contributed by atoms with Crippen molar-refractivity contribution in [3.63, 3.8) is 0 Å². The largest absolute Gasteiger partial charge is 0.396 e. The molecule has 1 atom stereocenters. The van der Waals surface area contributed by atoms with E-state index < -0.39 is 0 Å². The van der Waals surface area contributed by atoms with Crippen molar-refractivity contribution in [2.24, 2.45) is 0 Å². The van der Waals surface area contributed by atoms with E-state index in [1.807, 2.05) is 12.4 Å². The lowest BCUT2D eigenvalue weighted by Gasteiger charge is -2.35. The Morgan fingerprint density at radius 1 is 1.55 bits per heavy atom. The molecule has 1 aliphatic rings. The molecular formula is C15H24N2O2S.